The van der Waals surface area contributed by atoms with Gasteiger partial charge < -0.3 is 11.1 Å². The fraction of sp³-hybridized carbons (Fsp3) is 0.625. The molecular formula is C8H14ClN3. The summed E-state index contributed by atoms with van der Waals surface area (Å²) >= 11 is 5.66. The molecule has 1 saturated heterocycles. The molecule has 3 N–H and O–H groups in total. The SMILES string of the molecule is N/C=C(/Cl)C=NC1CCNCC1. The molecule has 12 heavy (non-hydrogen) atoms. The number of halogens is 1. The van der Waals surface area contributed by atoms with Crippen LogP contribution in [0.2, 0.25) is 0 Å². The molecule has 68 valence electrons. The Morgan fingerprint density at radius 1 is 1.50 bits per heavy atom. The Bertz CT molecular complexity index is 183. The Morgan fingerprint density at radius 3 is 2.75 bits per heavy atom. The molecule has 0 unspecified atom stereocenters. The third-order valence-electron chi connectivity index (χ3n) is 1.88. The molecule has 1 rings (SSSR count). The molecule has 0 radical (unpaired) electrons. The van der Waals surface area contributed by atoms with Crippen molar-refractivity contribution in [2.45, 2.75) is 18.9 Å². The molecular weight excluding hydrogens is 174 g/mol. The van der Waals surface area contributed by atoms with Crippen LogP contribution in [0.25, 0.3) is 0 Å². The van der Waals surface area contributed by atoms with E-state index < -0.39 is 0 Å². The molecule has 0 saturated carbocycles. The minimum Gasteiger partial charge on any atom is -0.403 e. The summed E-state index contributed by atoms with van der Waals surface area (Å²) in [5.41, 5.74) is 5.19. The molecule has 0 bridgehead atoms. The number of rotatable bonds is 2. The van der Waals surface area contributed by atoms with Crippen LogP contribution in [-0.2, 0) is 0 Å². The molecule has 0 aromatic heterocycles. The first-order chi connectivity index (χ1) is 5.83. The van der Waals surface area contributed by atoms with Gasteiger partial charge in [0.1, 0.15) is 0 Å². The standard InChI is InChI=1S/C8H14ClN3/c9-7(5-10)6-12-8-1-3-11-4-2-8/h5-6,8,11H,1-4,10H2/b7-5+,12-6?. The van der Waals surface area contributed by atoms with Gasteiger partial charge in [-0.1, -0.05) is 11.6 Å². The number of nitrogens with one attached hydrogen (secondary N) is 1. The highest BCUT2D eigenvalue weighted by molar-refractivity contribution is 6.39. The first-order valence-corrected chi connectivity index (χ1v) is 4.52. The largest absolute Gasteiger partial charge is 0.403 e. The number of hydrogen-bond acceptors (Lipinski definition) is 3. The number of aliphatic imine (C=N–C) groups is 1. The van der Waals surface area contributed by atoms with E-state index in [0.717, 1.165) is 25.9 Å². The van der Waals surface area contributed by atoms with E-state index >= 15 is 0 Å². The maximum atomic E-state index is 5.66. The Kier molecular flexibility index (Phi) is 4.11. The van der Waals surface area contributed by atoms with Gasteiger partial charge in [-0.15, -0.1) is 0 Å². The topological polar surface area (TPSA) is 50.4 Å². The highest BCUT2D eigenvalue weighted by atomic mass is 35.5. The predicted octanol–water partition coefficient (Wildman–Crippen LogP) is 0.848. The number of nitrogens with zero attached hydrogens (tertiary/aromatic N) is 1. The maximum Gasteiger partial charge on any atom is 0.0738 e. The van der Waals surface area contributed by atoms with Crippen molar-refractivity contribution in [2.75, 3.05) is 13.1 Å². The van der Waals surface area contributed by atoms with Crippen molar-refractivity contribution in [3.8, 4) is 0 Å². The zero-order valence-electron chi connectivity index (χ0n) is 6.96. The fourth-order valence-electron chi connectivity index (χ4n) is 1.18. The quantitative estimate of drug-likeness (QED) is 0.630. The van der Waals surface area contributed by atoms with Crippen molar-refractivity contribution in [1.82, 2.24) is 5.32 Å². The summed E-state index contributed by atoms with van der Waals surface area (Å²) in [4.78, 5) is 4.31. The minimum absolute atomic E-state index is 0.417. The van der Waals surface area contributed by atoms with Crippen molar-refractivity contribution in [3.63, 3.8) is 0 Å². The molecule has 1 heterocycles. The molecule has 1 fully saturated rings. The Hall–Kier alpha value is -0.540. The van der Waals surface area contributed by atoms with E-state index in [0.29, 0.717) is 11.1 Å². The molecule has 0 amide bonds. The first-order valence-electron chi connectivity index (χ1n) is 4.14. The van der Waals surface area contributed by atoms with Crippen LogP contribution in [0, 0.1) is 0 Å². The average molecular weight is 188 g/mol. The lowest BCUT2D eigenvalue weighted by atomic mass is 10.1. The zero-order valence-corrected chi connectivity index (χ0v) is 7.72. The maximum absolute atomic E-state index is 5.66. The van der Waals surface area contributed by atoms with Crippen molar-refractivity contribution < 1.29 is 0 Å². The van der Waals surface area contributed by atoms with Crippen molar-refractivity contribution >= 4 is 17.8 Å². The summed E-state index contributed by atoms with van der Waals surface area (Å²) in [6, 6.07) is 0.417. The van der Waals surface area contributed by atoms with Crippen LogP contribution >= 0.6 is 11.6 Å². The van der Waals surface area contributed by atoms with Gasteiger partial charge in [-0.25, -0.2) is 0 Å². The van der Waals surface area contributed by atoms with Crippen LogP contribution in [0.1, 0.15) is 12.8 Å². The van der Waals surface area contributed by atoms with Gasteiger partial charge >= 0.3 is 0 Å². The average Bonchev–Trinajstić information content (AvgIpc) is 2.16. The monoisotopic (exact) mass is 187 g/mol. The van der Waals surface area contributed by atoms with Gasteiger partial charge in [0.2, 0.25) is 0 Å². The van der Waals surface area contributed by atoms with E-state index in [1.165, 1.54) is 6.20 Å². The molecule has 0 atom stereocenters. The van der Waals surface area contributed by atoms with Crippen LogP contribution in [0.15, 0.2) is 16.2 Å². The van der Waals surface area contributed by atoms with Crippen LogP contribution in [0.4, 0.5) is 0 Å². The van der Waals surface area contributed by atoms with Gasteiger partial charge in [-0.3, -0.25) is 4.99 Å². The number of piperidine rings is 1. The molecule has 0 spiro atoms. The summed E-state index contributed by atoms with van der Waals surface area (Å²) in [6.45, 7) is 2.10. The molecule has 4 heteroatoms. The Morgan fingerprint density at radius 2 is 2.17 bits per heavy atom. The lowest BCUT2D eigenvalue weighted by molar-refractivity contribution is 0.461. The fourth-order valence-corrected chi connectivity index (χ4v) is 1.23. The lowest BCUT2D eigenvalue weighted by Crippen LogP contribution is -2.29. The van der Waals surface area contributed by atoms with E-state index in [2.05, 4.69) is 10.3 Å². The summed E-state index contributed by atoms with van der Waals surface area (Å²) in [5.74, 6) is 0. The normalized spacial score (nSPS) is 21.9. The lowest BCUT2D eigenvalue weighted by Gasteiger charge is -2.18. The molecule has 1 aliphatic heterocycles. The van der Waals surface area contributed by atoms with Crippen molar-refractivity contribution in [2.24, 2.45) is 10.7 Å². The predicted molar refractivity (Wildman–Crippen MR) is 52.5 cm³/mol. The number of hydrogen-bond donors (Lipinski definition) is 2. The zero-order chi connectivity index (χ0) is 8.81. The summed E-state index contributed by atoms with van der Waals surface area (Å²) in [6.07, 6.45) is 5.17. The van der Waals surface area contributed by atoms with E-state index in [1.807, 2.05) is 0 Å². The van der Waals surface area contributed by atoms with Crippen LogP contribution in [0.3, 0.4) is 0 Å². The molecule has 0 aromatic rings. The third-order valence-corrected chi connectivity index (χ3v) is 2.10. The van der Waals surface area contributed by atoms with E-state index in [9.17, 15) is 0 Å². The van der Waals surface area contributed by atoms with E-state index in [1.54, 1.807) is 6.21 Å². The van der Waals surface area contributed by atoms with Gasteiger partial charge in [-0.2, -0.15) is 0 Å². The molecule has 0 aliphatic carbocycles. The van der Waals surface area contributed by atoms with Crippen molar-refractivity contribution in [3.05, 3.63) is 11.2 Å². The Labute approximate surface area is 77.7 Å². The third kappa shape index (κ3) is 3.24. The summed E-state index contributed by atoms with van der Waals surface area (Å²) < 4.78 is 0. The summed E-state index contributed by atoms with van der Waals surface area (Å²) in [5, 5.41) is 3.78. The van der Waals surface area contributed by atoms with E-state index in [4.69, 9.17) is 17.3 Å². The molecule has 0 aromatic carbocycles. The molecule has 3 nitrogen and oxygen atoms in total. The van der Waals surface area contributed by atoms with E-state index in [-0.39, 0.29) is 0 Å². The van der Waals surface area contributed by atoms with Crippen LogP contribution in [-0.4, -0.2) is 25.3 Å². The smallest absolute Gasteiger partial charge is 0.0738 e. The van der Waals surface area contributed by atoms with Gasteiger partial charge in [-0.05, 0) is 25.9 Å². The van der Waals surface area contributed by atoms with Gasteiger partial charge in [0.15, 0.2) is 0 Å². The van der Waals surface area contributed by atoms with Crippen LogP contribution < -0.4 is 11.1 Å². The second-order valence-electron chi connectivity index (χ2n) is 2.81. The second-order valence-corrected chi connectivity index (χ2v) is 3.25. The van der Waals surface area contributed by atoms with Gasteiger partial charge in [0.05, 0.1) is 11.1 Å². The highest BCUT2D eigenvalue weighted by Gasteiger charge is 2.09. The number of allylic oxidation sites excluding steroid dienone is 1. The second kappa shape index (κ2) is 5.17. The van der Waals surface area contributed by atoms with Crippen molar-refractivity contribution in [1.29, 1.82) is 0 Å². The summed E-state index contributed by atoms with van der Waals surface area (Å²) in [7, 11) is 0. The Balaban J connectivity index is 2.33. The first kappa shape index (κ1) is 9.55. The molecule has 1 aliphatic rings. The van der Waals surface area contributed by atoms with Gasteiger partial charge in [0.25, 0.3) is 0 Å². The highest BCUT2D eigenvalue weighted by Crippen LogP contribution is 2.07. The minimum atomic E-state index is 0.417. The number of nitrogens with two attached hydrogens (primary N) is 1. The van der Waals surface area contributed by atoms with Gasteiger partial charge in [0, 0.05) is 12.4 Å². The van der Waals surface area contributed by atoms with Crippen LogP contribution in [0.5, 0.6) is 0 Å².